The largest absolute Gasteiger partial charge is 0.464 e. The van der Waals surface area contributed by atoms with Crippen LogP contribution in [-0.4, -0.2) is 37.2 Å². The van der Waals surface area contributed by atoms with Gasteiger partial charge >= 0.3 is 12.1 Å². The van der Waals surface area contributed by atoms with Crippen LogP contribution in [0.25, 0.3) is 4.48 Å². The van der Waals surface area contributed by atoms with Crippen molar-refractivity contribution in [2.45, 2.75) is 26.4 Å². The Hall–Kier alpha value is -2.35. The molecule has 1 aromatic carbocycles. The van der Waals surface area contributed by atoms with Gasteiger partial charge in [-0.3, -0.25) is 4.79 Å². The Balaban J connectivity index is 2.81. The summed E-state index contributed by atoms with van der Waals surface area (Å²) in [7, 11) is 1.21. The normalized spacial score (nSPS) is 11.9. The van der Waals surface area contributed by atoms with E-state index in [0.29, 0.717) is 10.0 Å². The summed E-state index contributed by atoms with van der Waals surface area (Å²) in [4.78, 5) is 35.6. The Morgan fingerprint density at radius 3 is 2.24 bits per heavy atom. The van der Waals surface area contributed by atoms with E-state index in [9.17, 15) is 14.4 Å². The number of amides is 2. The van der Waals surface area contributed by atoms with Crippen LogP contribution in [-0.2, 0) is 19.1 Å². The second-order valence-corrected chi connectivity index (χ2v) is 6.74. The van der Waals surface area contributed by atoms with Crippen molar-refractivity contribution in [1.82, 2.24) is 10.6 Å². The van der Waals surface area contributed by atoms with Crippen molar-refractivity contribution in [2.24, 2.45) is 0 Å². The maximum atomic E-state index is 12.0. The Morgan fingerprint density at radius 1 is 1.12 bits per heavy atom. The minimum Gasteiger partial charge on any atom is -0.464 e. The number of rotatable bonds is 5. The zero-order valence-corrected chi connectivity index (χ0v) is 16.1. The van der Waals surface area contributed by atoms with Gasteiger partial charge in [0.15, 0.2) is 0 Å². The molecule has 0 unspecified atom stereocenters. The van der Waals surface area contributed by atoms with E-state index in [1.165, 1.54) is 7.11 Å². The molecule has 0 saturated heterocycles. The standard InChI is InChI=1S/C17H21BrN2O5/c1-17(2,3)25-16(23)19-10-12(21)20-14(15(22)24-4)13(18)11-8-6-5-7-9-11/h5-9H,10H2,1-4H3,(H,19,23)(H,20,21)/b14-13-. The molecule has 0 spiro atoms. The lowest BCUT2D eigenvalue weighted by Crippen LogP contribution is -2.40. The molecular formula is C17H21BrN2O5. The first kappa shape index (κ1) is 20.7. The number of carbonyl (C=O) groups is 3. The number of ether oxygens (including phenoxy) is 2. The average molecular weight is 413 g/mol. The molecular weight excluding hydrogens is 392 g/mol. The summed E-state index contributed by atoms with van der Waals surface area (Å²) in [6, 6.07) is 8.93. The molecule has 0 aliphatic heterocycles. The number of carbonyl (C=O) groups excluding carboxylic acids is 3. The predicted octanol–water partition coefficient (Wildman–Crippen LogP) is 2.56. The molecule has 1 aromatic rings. The zero-order chi connectivity index (χ0) is 19.0. The fraction of sp³-hybridized carbons (Fsp3) is 0.353. The predicted molar refractivity (Wildman–Crippen MR) is 96.7 cm³/mol. The van der Waals surface area contributed by atoms with Crippen molar-refractivity contribution >= 4 is 38.4 Å². The summed E-state index contributed by atoms with van der Waals surface area (Å²) in [6.45, 7) is 4.77. The molecule has 0 fully saturated rings. The fourth-order valence-electron chi connectivity index (χ4n) is 1.68. The quantitative estimate of drug-likeness (QED) is 0.572. The third-order valence-corrected chi connectivity index (χ3v) is 3.55. The topological polar surface area (TPSA) is 93.7 Å². The van der Waals surface area contributed by atoms with E-state index < -0.39 is 23.6 Å². The number of hydrogen-bond acceptors (Lipinski definition) is 5. The van der Waals surface area contributed by atoms with E-state index >= 15 is 0 Å². The summed E-state index contributed by atoms with van der Waals surface area (Å²) in [5.41, 5.74) is -0.0541. The molecule has 0 aliphatic carbocycles. The van der Waals surface area contributed by atoms with Gasteiger partial charge in [-0.05, 0) is 42.3 Å². The summed E-state index contributed by atoms with van der Waals surface area (Å²) in [5, 5.41) is 4.75. The first-order valence-electron chi connectivity index (χ1n) is 7.44. The molecule has 0 heterocycles. The van der Waals surface area contributed by atoms with Crippen LogP contribution in [0.1, 0.15) is 26.3 Å². The third-order valence-electron chi connectivity index (χ3n) is 2.69. The van der Waals surface area contributed by atoms with Crippen LogP contribution in [0.4, 0.5) is 4.79 Å². The molecule has 0 bridgehead atoms. The minimum absolute atomic E-state index is 0.0651. The lowest BCUT2D eigenvalue weighted by Gasteiger charge is -2.19. The van der Waals surface area contributed by atoms with Gasteiger partial charge in [0.2, 0.25) is 5.91 Å². The first-order valence-corrected chi connectivity index (χ1v) is 8.23. The third kappa shape index (κ3) is 7.38. The highest BCUT2D eigenvalue weighted by atomic mass is 79.9. The van der Waals surface area contributed by atoms with Gasteiger partial charge in [0.25, 0.3) is 0 Å². The second kappa shape index (κ2) is 9.22. The fourth-order valence-corrected chi connectivity index (χ4v) is 2.20. The molecule has 8 heteroatoms. The van der Waals surface area contributed by atoms with Gasteiger partial charge in [-0.2, -0.15) is 0 Å². The number of nitrogens with one attached hydrogen (secondary N) is 2. The maximum absolute atomic E-state index is 12.0. The highest BCUT2D eigenvalue weighted by molar-refractivity contribution is 9.15. The van der Waals surface area contributed by atoms with Gasteiger partial charge in [0.05, 0.1) is 11.6 Å². The van der Waals surface area contributed by atoms with Crippen LogP contribution in [0, 0.1) is 0 Å². The first-order chi connectivity index (χ1) is 11.6. The second-order valence-electron chi connectivity index (χ2n) is 5.95. The molecule has 1 rings (SSSR count). The maximum Gasteiger partial charge on any atom is 0.408 e. The van der Waals surface area contributed by atoms with E-state index in [2.05, 4.69) is 26.6 Å². The van der Waals surface area contributed by atoms with Crippen molar-refractivity contribution in [2.75, 3.05) is 13.7 Å². The van der Waals surface area contributed by atoms with Crippen molar-refractivity contribution in [1.29, 1.82) is 0 Å². The van der Waals surface area contributed by atoms with Crippen LogP contribution in [0.3, 0.4) is 0 Å². The van der Waals surface area contributed by atoms with Gasteiger partial charge in [0, 0.05) is 0 Å². The van der Waals surface area contributed by atoms with Gasteiger partial charge in [-0.1, -0.05) is 30.3 Å². The molecule has 0 atom stereocenters. The molecule has 136 valence electrons. The van der Waals surface area contributed by atoms with Gasteiger partial charge < -0.3 is 20.1 Å². The highest BCUT2D eigenvalue weighted by Gasteiger charge is 2.20. The Bertz CT molecular complexity index is 665. The number of esters is 1. The number of alkyl carbamates (subject to hydrolysis) is 1. The lowest BCUT2D eigenvalue weighted by molar-refractivity contribution is -0.137. The summed E-state index contributed by atoms with van der Waals surface area (Å²) >= 11 is 3.29. The summed E-state index contributed by atoms with van der Waals surface area (Å²) in [5.74, 6) is -1.32. The van der Waals surface area contributed by atoms with Crippen LogP contribution in [0.15, 0.2) is 36.0 Å². The number of hydrogen-bond donors (Lipinski definition) is 2. The van der Waals surface area contributed by atoms with E-state index in [0.717, 1.165) is 0 Å². The van der Waals surface area contributed by atoms with Gasteiger partial charge in [-0.25, -0.2) is 9.59 Å². The van der Waals surface area contributed by atoms with Crippen molar-refractivity contribution < 1.29 is 23.9 Å². The molecule has 0 saturated carbocycles. The van der Waals surface area contributed by atoms with E-state index in [4.69, 9.17) is 9.47 Å². The molecule has 0 radical (unpaired) electrons. The van der Waals surface area contributed by atoms with Crippen LogP contribution in [0.5, 0.6) is 0 Å². The van der Waals surface area contributed by atoms with E-state index in [1.54, 1.807) is 45.0 Å². The molecule has 2 amide bonds. The smallest absolute Gasteiger partial charge is 0.408 e. The van der Waals surface area contributed by atoms with Crippen molar-refractivity contribution in [3.05, 3.63) is 41.6 Å². The van der Waals surface area contributed by atoms with Gasteiger partial charge in [0.1, 0.15) is 17.8 Å². The minimum atomic E-state index is -0.728. The Labute approximate surface area is 154 Å². The summed E-state index contributed by atoms with van der Waals surface area (Å²) in [6.07, 6.45) is -0.728. The highest BCUT2D eigenvalue weighted by Crippen LogP contribution is 2.24. The van der Waals surface area contributed by atoms with E-state index in [-0.39, 0.29) is 12.2 Å². The molecule has 25 heavy (non-hydrogen) atoms. The average Bonchev–Trinajstić information content (AvgIpc) is 2.56. The SMILES string of the molecule is COC(=O)/C(NC(=O)CNC(=O)OC(C)(C)C)=C(/Br)c1ccccc1. The number of halogens is 1. The zero-order valence-electron chi connectivity index (χ0n) is 14.5. The molecule has 7 nitrogen and oxygen atoms in total. The van der Waals surface area contributed by atoms with E-state index in [1.807, 2.05) is 6.07 Å². The molecule has 2 N–H and O–H groups in total. The Morgan fingerprint density at radius 2 is 1.72 bits per heavy atom. The molecule has 0 aromatic heterocycles. The Kier molecular flexibility index (Phi) is 7.63. The van der Waals surface area contributed by atoms with Gasteiger partial charge in [-0.15, -0.1) is 0 Å². The van der Waals surface area contributed by atoms with Crippen LogP contribution < -0.4 is 10.6 Å². The van der Waals surface area contributed by atoms with Crippen molar-refractivity contribution in [3.8, 4) is 0 Å². The van der Waals surface area contributed by atoms with Crippen molar-refractivity contribution in [3.63, 3.8) is 0 Å². The summed E-state index contributed by atoms with van der Waals surface area (Å²) < 4.78 is 10.1. The number of benzene rings is 1. The monoisotopic (exact) mass is 412 g/mol. The lowest BCUT2D eigenvalue weighted by atomic mass is 10.2. The van der Waals surface area contributed by atoms with Crippen LogP contribution >= 0.6 is 15.9 Å². The molecule has 0 aliphatic rings. The number of methoxy groups -OCH3 is 1. The van der Waals surface area contributed by atoms with Crippen LogP contribution in [0.2, 0.25) is 0 Å².